The van der Waals surface area contributed by atoms with Gasteiger partial charge in [-0.25, -0.2) is 0 Å². The Bertz CT molecular complexity index is 62.5. The summed E-state index contributed by atoms with van der Waals surface area (Å²) in [5, 5.41) is 0. The molecule has 4 heteroatoms. The Labute approximate surface area is 72.1 Å². The molecular weight excluding hydrogens is 190 g/mol. The molecule has 0 aliphatic heterocycles. The molecule has 0 aliphatic carbocycles. The van der Waals surface area contributed by atoms with E-state index in [-0.39, 0.29) is 12.4 Å². The molecule has 0 rings (SSSR count). The minimum Gasteiger partial charge on any atom is -0.168 e. The fourth-order valence-corrected chi connectivity index (χ4v) is 2.58. The SMILES string of the molecule is C[Si](C)(Cl)CCCP.Cl. The molecule has 0 nitrogen and oxygen atoms in total. The average molecular weight is 205 g/mol. The zero-order valence-electron chi connectivity index (χ0n) is 5.98. The summed E-state index contributed by atoms with van der Waals surface area (Å²) in [4.78, 5) is 0. The van der Waals surface area contributed by atoms with Crippen molar-refractivity contribution in [2.24, 2.45) is 0 Å². The molecule has 0 saturated carbocycles. The van der Waals surface area contributed by atoms with Crippen molar-refractivity contribution >= 4 is 40.1 Å². The molecule has 0 bridgehead atoms. The summed E-state index contributed by atoms with van der Waals surface area (Å²) in [7, 11) is 1.50. The van der Waals surface area contributed by atoms with Gasteiger partial charge in [0.05, 0.1) is 0 Å². The quantitative estimate of drug-likeness (QED) is 0.377. The molecule has 0 spiro atoms. The maximum Gasteiger partial charge on any atom is 0.150 e. The fraction of sp³-hybridized carbons (Fsp3) is 1.00. The Balaban J connectivity index is 0. The van der Waals surface area contributed by atoms with Gasteiger partial charge >= 0.3 is 0 Å². The van der Waals surface area contributed by atoms with E-state index in [1.807, 2.05) is 0 Å². The van der Waals surface area contributed by atoms with E-state index in [2.05, 4.69) is 22.3 Å². The molecule has 0 aromatic heterocycles. The van der Waals surface area contributed by atoms with Gasteiger partial charge < -0.3 is 0 Å². The molecule has 0 N–H and O–H groups in total. The van der Waals surface area contributed by atoms with Crippen LogP contribution in [-0.4, -0.2) is 13.5 Å². The van der Waals surface area contributed by atoms with E-state index < -0.39 is 7.38 Å². The molecule has 58 valence electrons. The first-order valence-electron chi connectivity index (χ1n) is 2.95. The lowest BCUT2D eigenvalue weighted by Crippen LogP contribution is -2.15. The first kappa shape index (κ1) is 12.9. The second kappa shape index (κ2) is 5.97. The van der Waals surface area contributed by atoms with Crippen LogP contribution >= 0.6 is 32.7 Å². The zero-order valence-corrected chi connectivity index (χ0v) is 9.71. The van der Waals surface area contributed by atoms with E-state index in [9.17, 15) is 0 Å². The van der Waals surface area contributed by atoms with Gasteiger partial charge in [-0.05, 0) is 12.2 Å². The topological polar surface area (TPSA) is 0 Å². The normalized spacial score (nSPS) is 10.7. The van der Waals surface area contributed by atoms with Crippen LogP contribution in [0.5, 0.6) is 0 Å². The van der Waals surface area contributed by atoms with Crippen molar-refractivity contribution in [2.75, 3.05) is 6.16 Å². The monoisotopic (exact) mass is 204 g/mol. The first-order valence-corrected chi connectivity index (χ1v) is 7.99. The van der Waals surface area contributed by atoms with Crippen LogP contribution in [0.15, 0.2) is 0 Å². The lowest BCUT2D eigenvalue weighted by Gasteiger charge is -2.09. The molecule has 1 atom stereocenters. The van der Waals surface area contributed by atoms with Crippen LogP contribution in [0.25, 0.3) is 0 Å². The van der Waals surface area contributed by atoms with Gasteiger partial charge in [-0.3, -0.25) is 0 Å². The highest BCUT2D eigenvalue weighted by atomic mass is 35.6. The van der Waals surface area contributed by atoms with Crippen molar-refractivity contribution in [2.45, 2.75) is 25.6 Å². The maximum atomic E-state index is 6.04. The Kier molecular flexibility index (Phi) is 8.53. The predicted molar refractivity (Wildman–Crippen MR) is 54.6 cm³/mol. The van der Waals surface area contributed by atoms with Crippen molar-refractivity contribution in [1.82, 2.24) is 0 Å². The van der Waals surface area contributed by atoms with Gasteiger partial charge in [-0.2, -0.15) is 11.1 Å². The Morgan fingerprint density at radius 1 is 1.44 bits per heavy atom. The largest absolute Gasteiger partial charge is 0.168 e. The second-order valence-electron chi connectivity index (χ2n) is 2.61. The van der Waals surface area contributed by atoms with Crippen LogP contribution in [0.3, 0.4) is 0 Å². The van der Waals surface area contributed by atoms with Crippen molar-refractivity contribution in [3.8, 4) is 0 Å². The van der Waals surface area contributed by atoms with Crippen LogP contribution in [-0.2, 0) is 0 Å². The Hall–Kier alpha value is 1.23. The first-order chi connectivity index (χ1) is 3.56. The van der Waals surface area contributed by atoms with Crippen molar-refractivity contribution in [3.63, 3.8) is 0 Å². The summed E-state index contributed by atoms with van der Waals surface area (Å²) in [5.41, 5.74) is 0. The maximum absolute atomic E-state index is 6.04. The van der Waals surface area contributed by atoms with Gasteiger partial charge in [0.25, 0.3) is 0 Å². The summed E-state index contributed by atoms with van der Waals surface area (Å²) in [5.74, 6) is 0. The van der Waals surface area contributed by atoms with E-state index in [0.29, 0.717) is 0 Å². The summed E-state index contributed by atoms with van der Waals surface area (Å²) < 4.78 is 0. The van der Waals surface area contributed by atoms with E-state index >= 15 is 0 Å². The van der Waals surface area contributed by atoms with Crippen LogP contribution < -0.4 is 0 Å². The number of hydrogen-bond acceptors (Lipinski definition) is 0. The lowest BCUT2D eigenvalue weighted by atomic mass is 10.6. The molecule has 0 aromatic rings. The standard InChI is InChI=1S/C5H14ClPSi.ClH/c1-8(2,6)5-3-4-7;/h3-5,7H2,1-2H3;1H. The molecule has 1 unspecified atom stereocenters. The Morgan fingerprint density at radius 3 is 2.00 bits per heavy atom. The molecule has 0 amide bonds. The Morgan fingerprint density at radius 2 is 1.89 bits per heavy atom. The molecule has 0 saturated heterocycles. The van der Waals surface area contributed by atoms with Gasteiger partial charge in [0, 0.05) is 0 Å². The highest BCUT2D eigenvalue weighted by Gasteiger charge is 2.14. The minimum absolute atomic E-state index is 0. The fourth-order valence-electron chi connectivity index (χ4n) is 0.522. The van der Waals surface area contributed by atoms with E-state index in [1.54, 1.807) is 0 Å². The van der Waals surface area contributed by atoms with E-state index in [4.69, 9.17) is 11.1 Å². The second-order valence-corrected chi connectivity index (χ2v) is 10.2. The van der Waals surface area contributed by atoms with Crippen molar-refractivity contribution in [1.29, 1.82) is 0 Å². The van der Waals surface area contributed by atoms with Crippen LogP contribution in [0.2, 0.25) is 19.1 Å². The zero-order chi connectivity index (χ0) is 6.62. The van der Waals surface area contributed by atoms with Crippen molar-refractivity contribution in [3.05, 3.63) is 0 Å². The third-order valence-corrected chi connectivity index (χ3v) is 3.49. The summed E-state index contributed by atoms with van der Waals surface area (Å²) in [6, 6.07) is 1.25. The summed E-state index contributed by atoms with van der Waals surface area (Å²) >= 11 is 6.04. The van der Waals surface area contributed by atoms with E-state index in [1.165, 1.54) is 18.6 Å². The third-order valence-electron chi connectivity index (χ3n) is 0.975. The molecule has 0 aliphatic rings. The predicted octanol–water partition coefficient (Wildman–Crippen LogP) is 3.12. The van der Waals surface area contributed by atoms with E-state index in [0.717, 1.165) is 0 Å². The molecular formula is C5H15Cl2PSi. The number of rotatable bonds is 3. The molecule has 0 fully saturated rings. The van der Waals surface area contributed by atoms with Crippen LogP contribution in [0.4, 0.5) is 0 Å². The average Bonchev–Trinajstić information content (AvgIpc) is 1.59. The lowest BCUT2D eigenvalue weighted by molar-refractivity contribution is 1.08. The summed E-state index contributed by atoms with van der Waals surface area (Å²) in [6.07, 6.45) is 2.47. The minimum atomic E-state index is -1.22. The molecule has 9 heavy (non-hydrogen) atoms. The molecule has 0 radical (unpaired) electrons. The number of halogens is 2. The van der Waals surface area contributed by atoms with Gasteiger partial charge in [-0.15, -0.1) is 21.6 Å². The summed E-state index contributed by atoms with van der Waals surface area (Å²) in [6.45, 7) is 4.38. The van der Waals surface area contributed by atoms with Crippen LogP contribution in [0.1, 0.15) is 6.42 Å². The van der Waals surface area contributed by atoms with Gasteiger partial charge in [-0.1, -0.05) is 19.5 Å². The third kappa shape index (κ3) is 12.4. The highest BCUT2D eigenvalue weighted by molar-refractivity contribution is 7.19. The van der Waals surface area contributed by atoms with Gasteiger partial charge in [0.15, 0.2) is 7.38 Å². The highest BCUT2D eigenvalue weighted by Crippen LogP contribution is 2.16. The van der Waals surface area contributed by atoms with Crippen molar-refractivity contribution < 1.29 is 0 Å². The smallest absolute Gasteiger partial charge is 0.150 e. The number of hydrogen-bond donors (Lipinski definition) is 0. The molecule has 0 heterocycles. The van der Waals surface area contributed by atoms with Gasteiger partial charge in [0.1, 0.15) is 0 Å². The molecule has 0 aromatic carbocycles. The van der Waals surface area contributed by atoms with Crippen LogP contribution in [0, 0.1) is 0 Å². The van der Waals surface area contributed by atoms with Gasteiger partial charge in [0.2, 0.25) is 0 Å².